The van der Waals surface area contributed by atoms with Gasteiger partial charge in [0, 0.05) is 23.6 Å². The number of anilines is 2. The van der Waals surface area contributed by atoms with Crippen LogP contribution in [-0.4, -0.2) is 18.0 Å². The molecule has 0 aliphatic carbocycles. The minimum Gasteiger partial charge on any atom is -0.481 e. The van der Waals surface area contributed by atoms with Crippen LogP contribution in [0.3, 0.4) is 0 Å². The minimum absolute atomic E-state index is 0.0495. The molecule has 0 saturated heterocycles. The van der Waals surface area contributed by atoms with Gasteiger partial charge in [-0.1, -0.05) is 0 Å². The number of amides is 1. The van der Waals surface area contributed by atoms with E-state index in [2.05, 4.69) is 10.3 Å². The van der Waals surface area contributed by atoms with Gasteiger partial charge in [0.1, 0.15) is 0 Å². The fourth-order valence-corrected chi connectivity index (χ4v) is 1.73. The lowest BCUT2D eigenvalue weighted by molar-refractivity contribution is -0.137. The first kappa shape index (κ1) is 15.6. The van der Waals surface area contributed by atoms with Crippen LogP contribution in [0, 0.1) is 0 Å². The standard InChI is InChI=1S/C14H12F3N3O2/c1-22-12-7-9(4-5-19-12)20-13(21)10-6-8(14(15,16)17)2-3-11(10)18/h2-7H,18H2,1H3,(H,19,20,21). The maximum absolute atomic E-state index is 12.7. The zero-order valence-corrected chi connectivity index (χ0v) is 11.4. The SMILES string of the molecule is COc1cc(NC(=O)c2cc(C(F)(F)F)ccc2N)ccn1. The number of hydrogen-bond acceptors (Lipinski definition) is 4. The largest absolute Gasteiger partial charge is 0.481 e. The highest BCUT2D eigenvalue weighted by molar-refractivity contribution is 6.07. The Morgan fingerprint density at radius 2 is 2.00 bits per heavy atom. The summed E-state index contributed by atoms with van der Waals surface area (Å²) in [6.45, 7) is 0. The van der Waals surface area contributed by atoms with Crippen LogP contribution >= 0.6 is 0 Å². The minimum atomic E-state index is -4.55. The van der Waals surface area contributed by atoms with Gasteiger partial charge in [-0.25, -0.2) is 4.98 Å². The van der Waals surface area contributed by atoms with E-state index in [4.69, 9.17) is 10.5 Å². The van der Waals surface area contributed by atoms with Crippen LogP contribution in [0.5, 0.6) is 5.88 Å². The maximum Gasteiger partial charge on any atom is 0.416 e. The van der Waals surface area contributed by atoms with Gasteiger partial charge in [0.25, 0.3) is 5.91 Å². The molecule has 2 aromatic rings. The third kappa shape index (κ3) is 3.46. The molecule has 0 saturated carbocycles. The molecule has 0 bridgehead atoms. The predicted octanol–water partition coefficient (Wildman–Crippen LogP) is 2.94. The summed E-state index contributed by atoms with van der Waals surface area (Å²) in [6, 6.07) is 5.49. The topological polar surface area (TPSA) is 77.2 Å². The van der Waals surface area contributed by atoms with E-state index in [1.165, 1.54) is 25.4 Å². The van der Waals surface area contributed by atoms with Crippen molar-refractivity contribution in [1.29, 1.82) is 0 Å². The number of aromatic nitrogens is 1. The van der Waals surface area contributed by atoms with Crippen molar-refractivity contribution < 1.29 is 22.7 Å². The second-order valence-electron chi connectivity index (χ2n) is 4.34. The highest BCUT2D eigenvalue weighted by atomic mass is 19.4. The summed E-state index contributed by atoms with van der Waals surface area (Å²) in [5.41, 5.74) is 4.65. The fourth-order valence-electron chi connectivity index (χ4n) is 1.73. The number of ether oxygens (including phenoxy) is 1. The van der Waals surface area contributed by atoms with Gasteiger partial charge < -0.3 is 15.8 Å². The Labute approximate surface area is 123 Å². The van der Waals surface area contributed by atoms with E-state index in [9.17, 15) is 18.0 Å². The first-order chi connectivity index (χ1) is 10.3. The molecule has 1 aromatic carbocycles. The maximum atomic E-state index is 12.7. The van der Waals surface area contributed by atoms with Gasteiger partial charge in [-0.3, -0.25) is 4.79 Å². The predicted molar refractivity (Wildman–Crippen MR) is 74.6 cm³/mol. The third-order valence-corrected chi connectivity index (χ3v) is 2.83. The van der Waals surface area contributed by atoms with Gasteiger partial charge >= 0.3 is 6.18 Å². The molecular formula is C14H12F3N3O2. The third-order valence-electron chi connectivity index (χ3n) is 2.83. The van der Waals surface area contributed by atoms with Crippen LogP contribution in [0.4, 0.5) is 24.5 Å². The molecule has 0 spiro atoms. The molecule has 0 unspecified atom stereocenters. The summed E-state index contributed by atoms with van der Waals surface area (Å²) in [4.78, 5) is 15.9. The lowest BCUT2D eigenvalue weighted by atomic mass is 10.1. The van der Waals surface area contributed by atoms with Crippen LogP contribution in [0.1, 0.15) is 15.9 Å². The zero-order valence-electron chi connectivity index (χ0n) is 11.4. The number of carbonyl (C=O) groups excluding carboxylic acids is 1. The Hall–Kier alpha value is -2.77. The molecule has 0 fully saturated rings. The molecule has 1 heterocycles. The summed E-state index contributed by atoms with van der Waals surface area (Å²) in [7, 11) is 1.40. The molecule has 0 aliphatic rings. The summed E-state index contributed by atoms with van der Waals surface area (Å²) >= 11 is 0. The smallest absolute Gasteiger partial charge is 0.416 e. The summed E-state index contributed by atoms with van der Waals surface area (Å²) in [5, 5.41) is 2.45. The molecule has 0 atom stereocenters. The number of methoxy groups -OCH3 is 1. The Morgan fingerprint density at radius 3 is 2.64 bits per heavy atom. The van der Waals surface area contributed by atoms with E-state index in [-0.39, 0.29) is 17.1 Å². The molecule has 1 aromatic heterocycles. The van der Waals surface area contributed by atoms with E-state index in [1.807, 2.05) is 0 Å². The second kappa shape index (κ2) is 5.92. The van der Waals surface area contributed by atoms with Crippen molar-refractivity contribution in [2.45, 2.75) is 6.18 Å². The molecule has 3 N–H and O–H groups in total. The number of rotatable bonds is 3. The van der Waals surface area contributed by atoms with Gasteiger partial charge in [0.15, 0.2) is 0 Å². The molecule has 0 aliphatic heterocycles. The molecule has 5 nitrogen and oxygen atoms in total. The Bertz CT molecular complexity index is 702. The lowest BCUT2D eigenvalue weighted by Gasteiger charge is -2.11. The second-order valence-corrected chi connectivity index (χ2v) is 4.34. The van der Waals surface area contributed by atoms with Gasteiger partial charge in [-0.15, -0.1) is 0 Å². The quantitative estimate of drug-likeness (QED) is 0.854. The van der Waals surface area contributed by atoms with Crippen molar-refractivity contribution in [1.82, 2.24) is 4.98 Å². The number of nitrogens with zero attached hydrogens (tertiary/aromatic N) is 1. The van der Waals surface area contributed by atoms with Gasteiger partial charge in [-0.05, 0) is 24.3 Å². The molecule has 0 radical (unpaired) electrons. The van der Waals surface area contributed by atoms with Crippen molar-refractivity contribution in [2.24, 2.45) is 0 Å². The highest BCUT2D eigenvalue weighted by Gasteiger charge is 2.31. The van der Waals surface area contributed by atoms with Crippen molar-refractivity contribution in [3.8, 4) is 5.88 Å². The summed E-state index contributed by atoms with van der Waals surface area (Å²) in [5.74, 6) is -0.494. The fraction of sp³-hybridized carbons (Fsp3) is 0.143. The number of alkyl halides is 3. The first-order valence-electron chi connectivity index (χ1n) is 6.09. The number of nitrogen functional groups attached to an aromatic ring is 1. The zero-order chi connectivity index (χ0) is 16.3. The average Bonchev–Trinajstić information content (AvgIpc) is 2.46. The van der Waals surface area contributed by atoms with E-state index in [1.54, 1.807) is 0 Å². The molecule has 8 heteroatoms. The number of benzene rings is 1. The molecular weight excluding hydrogens is 299 g/mol. The Kier molecular flexibility index (Phi) is 4.20. The van der Waals surface area contributed by atoms with E-state index < -0.39 is 17.6 Å². The van der Waals surface area contributed by atoms with Gasteiger partial charge in [0.05, 0.1) is 18.2 Å². The highest BCUT2D eigenvalue weighted by Crippen LogP contribution is 2.31. The molecule has 116 valence electrons. The van der Waals surface area contributed by atoms with E-state index >= 15 is 0 Å². The van der Waals surface area contributed by atoms with Crippen LogP contribution in [0.15, 0.2) is 36.5 Å². The van der Waals surface area contributed by atoms with Crippen molar-refractivity contribution in [2.75, 3.05) is 18.2 Å². The van der Waals surface area contributed by atoms with E-state index in [0.29, 0.717) is 11.8 Å². The average molecular weight is 311 g/mol. The Balaban J connectivity index is 2.29. The van der Waals surface area contributed by atoms with Crippen LogP contribution in [0.25, 0.3) is 0 Å². The van der Waals surface area contributed by atoms with Crippen molar-refractivity contribution in [3.63, 3.8) is 0 Å². The van der Waals surface area contributed by atoms with Crippen molar-refractivity contribution in [3.05, 3.63) is 47.7 Å². The normalized spacial score (nSPS) is 11.1. The van der Waals surface area contributed by atoms with Crippen LogP contribution in [0.2, 0.25) is 0 Å². The first-order valence-corrected chi connectivity index (χ1v) is 6.09. The van der Waals surface area contributed by atoms with Crippen molar-refractivity contribution >= 4 is 17.3 Å². The molecule has 1 amide bonds. The number of nitrogens with one attached hydrogen (secondary N) is 1. The number of hydrogen-bond donors (Lipinski definition) is 2. The summed E-state index contributed by atoms with van der Waals surface area (Å²) in [6.07, 6.45) is -3.16. The van der Waals surface area contributed by atoms with Gasteiger partial charge in [-0.2, -0.15) is 13.2 Å². The molecule has 22 heavy (non-hydrogen) atoms. The van der Waals surface area contributed by atoms with Crippen LogP contribution in [-0.2, 0) is 6.18 Å². The number of carbonyl (C=O) groups is 1. The Morgan fingerprint density at radius 1 is 1.27 bits per heavy atom. The summed E-state index contributed by atoms with van der Waals surface area (Å²) < 4.78 is 43.0. The molecule has 2 rings (SSSR count). The number of pyridine rings is 1. The van der Waals surface area contributed by atoms with Gasteiger partial charge in [0.2, 0.25) is 5.88 Å². The number of halogens is 3. The monoisotopic (exact) mass is 311 g/mol. The lowest BCUT2D eigenvalue weighted by Crippen LogP contribution is -2.16. The van der Waals surface area contributed by atoms with Crippen LogP contribution < -0.4 is 15.8 Å². The van der Waals surface area contributed by atoms with E-state index in [0.717, 1.165) is 12.1 Å². The number of nitrogens with two attached hydrogens (primary N) is 1.